The first-order valence-corrected chi connectivity index (χ1v) is 8.78. The summed E-state index contributed by atoms with van der Waals surface area (Å²) in [6, 6.07) is 20.5. The van der Waals surface area contributed by atoms with Crippen LogP contribution < -0.4 is 5.73 Å². The average molecular weight is 325 g/mol. The van der Waals surface area contributed by atoms with Gasteiger partial charge in [0, 0.05) is 12.1 Å². The minimum absolute atomic E-state index is 0.132. The van der Waals surface area contributed by atoms with Gasteiger partial charge in [-0.15, -0.1) is 0 Å². The van der Waals surface area contributed by atoms with Crippen LogP contribution in [0.15, 0.2) is 60.7 Å². The molecule has 3 N–H and O–H groups in total. The molecule has 1 aliphatic carbocycles. The van der Waals surface area contributed by atoms with Crippen LogP contribution in [-0.4, -0.2) is 23.4 Å². The first-order chi connectivity index (χ1) is 11.7. The van der Waals surface area contributed by atoms with E-state index in [9.17, 15) is 5.11 Å². The Labute approximate surface area is 144 Å². The summed E-state index contributed by atoms with van der Waals surface area (Å²) >= 11 is 0. The molecule has 0 radical (unpaired) electrons. The summed E-state index contributed by atoms with van der Waals surface area (Å²) in [7, 11) is 0. The molecule has 24 heavy (non-hydrogen) atoms. The summed E-state index contributed by atoms with van der Waals surface area (Å²) in [6.45, 7) is 1.19. The number of hydrogen-bond donors (Lipinski definition) is 2. The highest BCUT2D eigenvalue weighted by Crippen LogP contribution is 2.46. The standard InChI is InChI=1S/C21H27NO2/c22-21(14-17-7-3-1-4-8-17)15-19(21)13-20(23)11-12-24-16-18-9-5-2-6-10-18/h1-10,19-20,23H,11-16,22H2/t19-,20+,21+/m0/s1. The highest BCUT2D eigenvalue weighted by atomic mass is 16.5. The van der Waals surface area contributed by atoms with Crippen molar-refractivity contribution in [2.75, 3.05) is 6.61 Å². The fraction of sp³-hybridized carbons (Fsp3) is 0.429. The Bertz CT molecular complexity index is 616. The van der Waals surface area contributed by atoms with Gasteiger partial charge in [-0.3, -0.25) is 0 Å². The monoisotopic (exact) mass is 325 g/mol. The first kappa shape index (κ1) is 17.2. The Hall–Kier alpha value is -1.68. The van der Waals surface area contributed by atoms with Crippen molar-refractivity contribution in [3.8, 4) is 0 Å². The molecule has 1 fully saturated rings. The predicted octanol–water partition coefficient (Wildman–Crippen LogP) is 3.30. The molecule has 3 atom stereocenters. The van der Waals surface area contributed by atoms with Crippen molar-refractivity contribution < 1.29 is 9.84 Å². The number of nitrogens with two attached hydrogens (primary N) is 1. The molecule has 0 saturated heterocycles. The number of ether oxygens (including phenoxy) is 1. The van der Waals surface area contributed by atoms with E-state index in [1.54, 1.807) is 0 Å². The minimum Gasteiger partial charge on any atom is -0.393 e. The highest BCUT2D eigenvalue weighted by molar-refractivity contribution is 5.22. The summed E-state index contributed by atoms with van der Waals surface area (Å²) in [4.78, 5) is 0. The molecule has 0 amide bonds. The van der Waals surface area contributed by atoms with E-state index in [-0.39, 0.29) is 11.6 Å². The van der Waals surface area contributed by atoms with E-state index in [0.29, 0.717) is 25.6 Å². The van der Waals surface area contributed by atoms with Gasteiger partial charge in [0.25, 0.3) is 0 Å². The molecule has 128 valence electrons. The molecular formula is C21H27NO2. The molecule has 3 rings (SSSR count). The lowest BCUT2D eigenvalue weighted by molar-refractivity contribution is 0.0667. The fourth-order valence-electron chi connectivity index (χ4n) is 3.34. The maximum Gasteiger partial charge on any atom is 0.0716 e. The third-order valence-electron chi connectivity index (χ3n) is 4.92. The smallest absolute Gasteiger partial charge is 0.0716 e. The summed E-state index contributed by atoms with van der Waals surface area (Å²) in [5, 5.41) is 10.2. The van der Waals surface area contributed by atoms with Crippen LogP contribution in [0.25, 0.3) is 0 Å². The van der Waals surface area contributed by atoms with Gasteiger partial charge in [-0.25, -0.2) is 0 Å². The van der Waals surface area contributed by atoms with Gasteiger partial charge in [-0.2, -0.15) is 0 Å². The number of aliphatic hydroxyl groups is 1. The third kappa shape index (κ3) is 4.91. The second-order valence-electron chi connectivity index (χ2n) is 7.01. The summed E-state index contributed by atoms with van der Waals surface area (Å²) in [5.74, 6) is 0.418. The fourth-order valence-corrected chi connectivity index (χ4v) is 3.34. The molecule has 0 bridgehead atoms. The third-order valence-corrected chi connectivity index (χ3v) is 4.92. The van der Waals surface area contributed by atoms with Gasteiger partial charge in [-0.05, 0) is 42.7 Å². The van der Waals surface area contributed by atoms with E-state index >= 15 is 0 Å². The molecule has 1 saturated carbocycles. The van der Waals surface area contributed by atoms with Crippen molar-refractivity contribution in [3.05, 3.63) is 71.8 Å². The lowest BCUT2D eigenvalue weighted by Crippen LogP contribution is -2.29. The number of benzene rings is 2. The molecule has 0 heterocycles. The van der Waals surface area contributed by atoms with Gasteiger partial charge >= 0.3 is 0 Å². The van der Waals surface area contributed by atoms with Crippen LogP contribution in [0.4, 0.5) is 0 Å². The Morgan fingerprint density at radius 3 is 2.33 bits per heavy atom. The van der Waals surface area contributed by atoms with Crippen molar-refractivity contribution in [2.24, 2.45) is 11.7 Å². The highest BCUT2D eigenvalue weighted by Gasteiger charge is 2.50. The Kier molecular flexibility index (Phi) is 5.67. The number of aliphatic hydroxyl groups excluding tert-OH is 1. The van der Waals surface area contributed by atoms with Crippen molar-refractivity contribution in [1.82, 2.24) is 0 Å². The largest absolute Gasteiger partial charge is 0.393 e. The van der Waals surface area contributed by atoms with E-state index < -0.39 is 0 Å². The first-order valence-electron chi connectivity index (χ1n) is 8.78. The molecule has 2 aromatic carbocycles. The van der Waals surface area contributed by atoms with Crippen molar-refractivity contribution in [1.29, 1.82) is 0 Å². The van der Waals surface area contributed by atoms with Crippen LogP contribution in [0.5, 0.6) is 0 Å². The quantitative estimate of drug-likeness (QED) is 0.696. The number of hydrogen-bond acceptors (Lipinski definition) is 3. The van der Waals surface area contributed by atoms with Gasteiger partial charge in [0.15, 0.2) is 0 Å². The zero-order chi connectivity index (χ0) is 16.8. The molecule has 3 nitrogen and oxygen atoms in total. The van der Waals surface area contributed by atoms with E-state index in [4.69, 9.17) is 10.5 Å². The molecule has 0 spiro atoms. The second-order valence-corrected chi connectivity index (χ2v) is 7.01. The van der Waals surface area contributed by atoms with Gasteiger partial charge in [0.1, 0.15) is 0 Å². The molecule has 2 aromatic rings. The zero-order valence-electron chi connectivity index (χ0n) is 14.1. The van der Waals surface area contributed by atoms with E-state index in [1.165, 1.54) is 5.56 Å². The van der Waals surface area contributed by atoms with E-state index in [1.807, 2.05) is 36.4 Å². The SMILES string of the molecule is N[C@]1(Cc2ccccc2)C[C@@H]1C[C@H](O)CCOCc1ccccc1. The Morgan fingerprint density at radius 1 is 1.04 bits per heavy atom. The Balaban J connectivity index is 1.33. The van der Waals surface area contributed by atoms with Crippen LogP contribution in [-0.2, 0) is 17.8 Å². The van der Waals surface area contributed by atoms with Crippen molar-refractivity contribution in [2.45, 2.75) is 43.9 Å². The zero-order valence-corrected chi connectivity index (χ0v) is 14.1. The van der Waals surface area contributed by atoms with Crippen LogP contribution in [0, 0.1) is 5.92 Å². The molecule has 1 aliphatic rings. The summed E-state index contributed by atoms with van der Waals surface area (Å²) < 4.78 is 5.65. The lowest BCUT2D eigenvalue weighted by atomic mass is 10.00. The van der Waals surface area contributed by atoms with E-state index in [0.717, 1.165) is 24.8 Å². The maximum absolute atomic E-state index is 10.2. The topological polar surface area (TPSA) is 55.5 Å². The molecule has 3 heteroatoms. The van der Waals surface area contributed by atoms with Crippen LogP contribution in [0.1, 0.15) is 30.4 Å². The summed E-state index contributed by atoms with van der Waals surface area (Å²) in [5.41, 5.74) is 8.77. The summed E-state index contributed by atoms with van der Waals surface area (Å²) in [6.07, 6.45) is 3.02. The number of rotatable bonds is 9. The normalized spacial score (nSPS) is 23.8. The molecule has 0 unspecified atom stereocenters. The predicted molar refractivity (Wildman–Crippen MR) is 96.5 cm³/mol. The second kappa shape index (κ2) is 7.93. The molecular weight excluding hydrogens is 298 g/mol. The molecule has 0 aromatic heterocycles. The van der Waals surface area contributed by atoms with Gasteiger partial charge in [0.05, 0.1) is 12.7 Å². The van der Waals surface area contributed by atoms with Gasteiger partial charge < -0.3 is 15.6 Å². The molecule has 0 aliphatic heterocycles. The van der Waals surface area contributed by atoms with Crippen LogP contribution in [0.3, 0.4) is 0 Å². The Morgan fingerprint density at radius 2 is 1.67 bits per heavy atom. The van der Waals surface area contributed by atoms with Crippen LogP contribution in [0.2, 0.25) is 0 Å². The maximum atomic E-state index is 10.2. The van der Waals surface area contributed by atoms with Crippen molar-refractivity contribution in [3.63, 3.8) is 0 Å². The van der Waals surface area contributed by atoms with Gasteiger partial charge in [0.2, 0.25) is 0 Å². The van der Waals surface area contributed by atoms with Crippen LogP contribution >= 0.6 is 0 Å². The van der Waals surface area contributed by atoms with Crippen molar-refractivity contribution >= 4 is 0 Å². The van der Waals surface area contributed by atoms with E-state index in [2.05, 4.69) is 24.3 Å². The minimum atomic E-state index is -0.327. The average Bonchev–Trinajstić information content (AvgIpc) is 3.22. The lowest BCUT2D eigenvalue weighted by Gasteiger charge is -2.15. The van der Waals surface area contributed by atoms with Gasteiger partial charge in [-0.1, -0.05) is 60.7 Å².